The van der Waals surface area contributed by atoms with Crippen molar-refractivity contribution in [3.63, 3.8) is 0 Å². The van der Waals surface area contributed by atoms with Gasteiger partial charge in [0.05, 0.1) is 11.1 Å². The zero-order valence-corrected chi connectivity index (χ0v) is 17.6. The van der Waals surface area contributed by atoms with Crippen LogP contribution < -0.4 is 10.3 Å². The second kappa shape index (κ2) is 8.46. The topological polar surface area (TPSA) is 130 Å². The summed E-state index contributed by atoms with van der Waals surface area (Å²) in [5.41, 5.74) is -1.73. The average molecular weight is 459 g/mol. The lowest BCUT2D eigenvalue weighted by molar-refractivity contribution is -0.0876. The molecule has 4 atom stereocenters. The standard InChI is InChI=1S/C24H17N3O7/c25-14-24-20(33-23-26-18(28)11-12-27(23)24)19(32-22(30)16-9-5-2-6-10-16)17(34-24)13-31-21(29)15-7-3-1-4-8-15/h1-12,17,19-20H,13H2/t17-,19-,20-,24-/m1/s1. The van der Waals surface area contributed by atoms with Gasteiger partial charge < -0.3 is 18.9 Å². The van der Waals surface area contributed by atoms with E-state index in [4.69, 9.17) is 18.9 Å². The Morgan fingerprint density at radius 2 is 1.68 bits per heavy atom. The monoisotopic (exact) mass is 459 g/mol. The molecule has 0 bridgehead atoms. The molecule has 0 saturated carbocycles. The summed E-state index contributed by atoms with van der Waals surface area (Å²) in [6.45, 7) is -0.313. The Morgan fingerprint density at radius 1 is 1.03 bits per heavy atom. The van der Waals surface area contributed by atoms with Crippen LogP contribution >= 0.6 is 0 Å². The minimum absolute atomic E-state index is 0.139. The van der Waals surface area contributed by atoms with Crippen molar-refractivity contribution in [3.8, 4) is 12.1 Å². The van der Waals surface area contributed by atoms with Crippen LogP contribution in [-0.2, 0) is 19.9 Å². The summed E-state index contributed by atoms with van der Waals surface area (Å²) in [5.74, 6) is -1.28. The highest BCUT2D eigenvalue weighted by Crippen LogP contribution is 2.45. The van der Waals surface area contributed by atoms with Crippen LogP contribution in [0.3, 0.4) is 0 Å². The van der Waals surface area contributed by atoms with Crippen molar-refractivity contribution in [2.45, 2.75) is 24.0 Å². The highest BCUT2D eigenvalue weighted by Gasteiger charge is 2.65. The first-order valence-corrected chi connectivity index (χ1v) is 10.4. The summed E-state index contributed by atoms with van der Waals surface area (Å²) in [6.07, 6.45) is -2.01. The molecule has 2 aliphatic rings. The van der Waals surface area contributed by atoms with E-state index in [1.807, 2.05) is 6.07 Å². The third-order valence-electron chi connectivity index (χ3n) is 5.55. The molecule has 0 spiro atoms. The molecule has 1 aromatic heterocycles. The van der Waals surface area contributed by atoms with E-state index >= 15 is 0 Å². The Bertz CT molecular complexity index is 1340. The van der Waals surface area contributed by atoms with Crippen LogP contribution in [0.25, 0.3) is 0 Å². The molecule has 5 rings (SSSR count). The van der Waals surface area contributed by atoms with Gasteiger partial charge in [-0.3, -0.25) is 9.36 Å². The van der Waals surface area contributed by atoms with Gasteiger partial charge >= 0.3 is 17.9 Å². The number of nitrogens with zero attached hydrogens (tertiary/aromatic N) is 3. The fourth-order valence-corrected chi connectivity index (χ4v) is 3.95. The normalized spacial score (nSPS) is 24.3. The van der Waals surface area contributed by atoms with Crippen molar-refractivity contribution in [3.05, 3.63) is 94.4 Å². The number of benzene rings is 2. The molecule has 34 heavy (non-hydrogen) atoms. The van der Waals surface area contributed by atoms with Crippen molar-refractivity contribution < 1.29 is 28.5 Å². The van der Waals surface area contributed by atoms with E-state index < -0.39 is 41.5 Å². The zero-order chi connectivity index (χ0) is 23.7. The van der Waals surface area contributed by atoms with E-state index in [0.29, 0.717) is 5.56 Å². The van der Waals surface area contributed by atoms with Crippen LogP contribution in [0.5, 0.6) is 6.01 Å². The molecular weight excluding hydrogens is 442 g/mol. The van der Waals surface area contributed by atoms with Crippen LogP contribution in [0.15, 0.2) is 77.7 Å². The number of carbonyl (C=O) groups is 2. The van der Waals surface area contributed by atoms with Gasteiger partial charge in [0.1, 0.15) is 18.8 Å². The van der Waals surface area contributed by atoms with Gasteiger partial charge in [-0.2, -0.15) is 10.2 Å². The third kappa shape index (κ3) is 3.58. The van der Waals surface area contributed by atoms with Gasteiger partial charge in [-0.1, -0.05) is 36.4 Å². The number of hydrogen-bond donors (Lipinski definition) is 0. The van der Waals surface area contributed by atoms with E-state index in [1.165, 1.54) is 10.8 Å². The predicted molar refractivity (Wildman–Crippen MR) is 114 cm³/mol. The van der Waals surface area contributed by atoms with E-state index in [2.05, 4.69) is 4.98 Å². The van der Waals surface area contributed by atoms with E-state index in [0.717, 1.165) is 6.07 Å². The second-order valence-electron chi connectivity index (χ2n) is 7.62. The Labute approximate surface area is 192 Å². The number of esters is 2. The molecule has 0 N–H and O–H groups in total. The molecule has 3 heterocycles. The van der Waals surface area contributed by atoms with Crippen LogP contribution in [0, 0.1) is 11.3 Å². The molecule has 2 aromatic carbocycles. The van der Waals surface area contributed by atoms with Gasteiger partial charge in [-0.05, 0) is 24.3 Å². The second-order valence-corrected chi connectivity index (χ2v) is 7.62. The maximum atomic E-state index is 12.8. The van der Waals surface area contributed by atoms with Gasteiger partial charge in [0.25, 0.3) is 11.3 Å². The lowest BCUT2D eigenvalue weighted by Gasteiger charge is -2.21. The summed E-state index contributed by atoms with van der Waals surface area (Å²) in [5, 5.41) is 10.1. The van der Waals surface area contributed by atoms with Gasteiger partial charge in [-0.25, -0.2) is 9.59 Å². The number of fused-ring (bicyclic) bond motifs is 3. The molecule has 1 fully saturated rings. The number of aromatic nitrogens is 2. The van der Waals surface area contributed by atoms with Gasteiger partial charge in [0, 0.05) is 12.3 Å². The Morgan fingerprint density at radius 3 is 2.32 bits per heavy atom. The molecule has 2 aliphatic heterocycles. The average Bonchev–Trinajstić information content (AvgIpc) is 3.34. The summed E-state index contributed by atoms with van der Waals surface area (Å²) in [4.78, 5) is 40.7. The van der Waals surface area contributed by atoms with E-state index in [9.17, 15) is 19.6 Å². The van der Waals surface area contributed by atoms with Crippen molar-refractivity contribution in [2.75, 3.05) is 6.61 Å². The third-order valence-corrected chi connectivity index (χ3v) is 5.55. The van der Waals surface area contributed by atoms with E-state index in [-0.39, 0.29) is 18.2 Å². The number of ether oxygens (including phenoxy) is 4. The minimum Gasteiger partial charge on any atom is -0.459 e. The van der Waals surface area contributed by atoms with Crippen LogP contribution in [0.2, 0.25) is 0 Å². The first kappa shape index (κ1) is 21.4. The zero-order valence-electron chi connectivity index (χ0n) is 17.6. The lowest BCUT2D eigenvalue weighted by Crippen LogP contribution is -2.44. The first-order valence-electron chi connectivity index (χ1n) is 10.4. The largest absolute Gasteiger partial charge is 0.459 e. The van der Waals surface area contributed by atoms with Crippen LogP contribution in [0.4, 0.5) is 0 Å². The summed E-state index contributed by atoms with van der Waals surface area (Å²) in [6, 6.07) is 19.7. The summed E-state index contributed by atoms with van der Waals surface area (Å²) in [7, 11) is 0. The molecule has 170 valence electrons. The Kier molecular flexibility index (Phi) is 5.31. The van der Waals surface area contributed by atoms with Crippen molar-refractivity contribution >= 4 is 11.9 Å². The van der Waals surface area contributed by atoms with Gasteiger partial charge in [0.2, 0.25) is 6.10 Å². The number of carbonyl (C=O) groups excluding carboxylic acids is 2. The molecule has 1 saturated heterocycles. The van der Waals surface area contributed by atoms with Crippen molar-refractivity contribution in [1.82, 2.24) is 9.55 Å². The van der Waals surface area contributed by atoms with Crippen LogP contribution in [-0.4, -0.2) is 46.4 Å². The molecule has 0 amide bonds. The number of hydrogen-bond acceptors (Lipinski definition) is 9. The quantitative estimate of drug-likeness (QED) is 0.523. The van der Waals surface area contributed by atoms with E-state index in [1.54, 1.807) is 60.7 Å². The molecular formula is C24H17N3O7. The molecule has 10 nitrogen and oxygen atoms in total. The predicted octanol–water partition coefficient (Wildman–Crippen LogP) is 1.66. The van der Waals surface area contributed by atoms with Crippen molar-refractivity contribution in [1.29, 1.82) is 5.26 Å². The molecule has 3 aromatic rings. The van der Waals surface area contributed by atoms with Gasteiger partial charge in [0.15, 0.2) is 6.10 Å². The summed E-state index contributed by atoms with van der Waals surface area (Å²) >= 11 is 0. The molecule has 0 radical (unpaired) electrons. The number of nitriles is 1. The maximum Gasteiger partial charge on any atom is 0.338 e. The SMILES string of the molecule is N#C[C@@]12O[C@H](COC(=O)c3ccccc3)[C@@H](OC(=O)c3ccccc3)[C@H]1Oc1nc(=O)ccn12. The smallest absolute Gasteiger partial charge is 0.338 e. The Hall–Kier alpha value is -4.49. The minimum atomic E-state index is -1.78. The van der Waals surface area contributed by atoms with Crippen molar-refractivity contribution in [2.24, 2.45) is 0 Å². The lowest BCUT2D eigenvalue weighted by atomic mass is 10.0. The molecule has 10 heteroatoms. The maximum absolute atomic E-state index is 12.8. The highest BCUT2D eigenvalue weighted by molar-refractivity contribution is 5.90. The molecule has 0 unspecified atom stereocenters. The fraction of sp³-hybridized carbons (Fsp3) is 0.208. The fourth-order valence-electron chi connectivity index (χ4n) is 3.95. The molecule has 0 aliphatic carbocycles. The van der Waals surface area contributed by atoms with Gasteiger partial charge in [-0.15, -0.1) is 0 Å². The highest BCUT2D eigenvalue weighted by atomic mass is 16.7. The number of rotatable bonds is 5. The summed E-state index contributed by atoms with van der Waals surface area (Å²) < 4.78 is 24.1. The Balaban J connectivity index is 1.45. The van der Waals surface area contributed by atoms with Crippen LogP contribution in [0.1, 0.15) is 20.7 Å². The first-order chi connectivity index (χ1) is 16.5.